The fourth-order valence-electron chi connectivity index (χ4n) is 5.44. The number of nitrogens with two attached hydrogens (primary N) is 1. The summed E-state index contributed by atoms with van der Waals surface area (Å²) in [4.78, 5) is 27.6. The third-order valence-electron chi connectivity index (χ3n) is 6.92. The molecule has 2 fully saturated rings. The Morgan fingerprint density at radius 2 is 1.70 bits per heavy atom. The molecule has 3 atom stereocenters. The summed E-state index contributed by atoms with van der Waals surface area (Å²) >= 11 is 0. The van der Waals surface area contributed by atoms with Gasteiger partial charge in [-0.3, -0.25) is 4.98 Å². The number of rotatable bonds is 4. The highest BCUT2D eigenvalue weighted by Gasteiger charge is 2.49. The second-order valence-corrected chi connectivity index (χ2v) is 10.7. The van der Waals surface area contributed by atoms with Crippen molar-refractivity contribution >= 4 is 22.9 Å². The number of hydrogen-bond acceptors (Lipinski definition) is 8. The molecule has 190 valence electrons. The van der Waals surface area contributed by atoms with E-state index in [-0.39, 0.29) is 18.2 Å². The summed E-state index contributed by atoms with van der Waals surface area (Å²) in [5.41, 5.74) is 8.04. The maximum atomic E-state index is 12.9. The number of fused-ring (bicyclic) bond motifs is 3. The largest absolute Gasteiger partial charge is 0.457 e. The number of piperidine rings is 1. The Hall–Kier alpha value is -4.21. The molecule has 0 radical (unpaired) electrons. The van der Waals surface area contributed by atoms with Gasteiger partial charge in [-0.1, -0.05) is 0 Å². The predicted molar refractivity (Wildman–Crippen MR) is 138 cm³/mol. The van der Waals surface area contributed by atoms with E-state index in [0.717, 1.165) is 18.4 Å². The second kappa shape index (κ2) is 8.72. The van der Waals surface area contributed by atoms with E-state index >= 15 is 0 Å². The summed E-state index contributed by atoms with van der Waals surface area (Å²) in [7, 11) is 0. The molecule has 1 aromatic carbocycles. The normalized spacial score (nSPS) is 20.9. The van der Waals surface area contributed by atoms with Crippen molar-refractivity contribution in [2.75, 3.05) is 12.3 Å². The third-order valence-corrected chi connectivity index (χ3v) is 6.92. The van der Waals surface area contributed by atoms with Gasteiger partial charge in [-0.15, -0.1) is 0 Å². The van der Waals surface area contributed by atoms with Gasteiger partial charge in [-0.25, -0.2) is 19.4 Å². The molecule has 3 unspecified atom stereocenters. The van der Waals surface area contributed by atoms with Crippen LogP contribution in [0, 0.1) is 5.92 Å². The number of hydrogen-bond donors (Lipinski definition) is 1. The molecule has 2 aliphatic rings. The van der Waals surface area contributed by atoms with Crippen LogP contribution in [0.2, 0.25) is 0 Å². The maximum absolute atomic E-state index is 12.9. The first-order valence-electron chi connectivity index (χ1n) is 12.4. The monoisotopic (exact) mass is 499 g/mol. The van der Waals surface area contributed by atoms with Crippen LogP contribution in [0.25, 0.3) is 22.3 Å². The molecule has 6 rings (SSSR count). The highest BCUT2D eigenvalue weighted by molar-refractivity contribution is 5.98. The quantitative estimate of drug-likeness (QED) is 0.424. The third kappa shape index (κ3) is 4.32. The second-order valence-electron chi connectivity index (χ2n) is 10.7. The molecule has 1 saturated carbocycles. The number of aromatic nitrogens is 5. The number of amides is 1. The van der Waals surface area contributed by atoms with Crippen LogP contribution in [-0.2, 0) is 4.74 Å². The van der Waals surface area contributed by atoms with Gasteiger partial charge < -0.3 is 20.1 Å². The topological polar surface area (TPSA) is 121 Å². The molecule has 1 aliphatic carbocycles. The smallest absolute Gasteiger partial charge is 0.410 e. The van der Waals surface area contributed by atoms with Crippen molar-refractivity contribution in [1.82, 2.24) is 29.6 Å². The molecule has 37 heavy (non-hydrogen) atoms. The Morgan fingerprint density at radius 1 is 1.00 bits per heavy atom. The molecular weight excluding hydrogens is 470 g/mol. The van der Waals surface area contributed by atoms with Crippen molar-refractivity contribution in [1.29, 1.82) is 0 Å². The van der Waals surface area contributed by atoms with Gasteiger partial charge in [0.2, 0.25) is 0 Å². The SMILES string of the molecule is CC(C)(C)OC(=O)N1CC2CC1C(n1nc(-c3ccc(Oc4ccncc4)cc3)c3c(N)ncnc31)C2. The van der Waals surface area contributed by atoms with Gasteiger partial charge in [0.25, 0.3) is 0 Å². The standard InChI is InChI=1S/C27H29N7O3/c1-27(2,3)37-26(35)33-14-16-12-20(33)21(13-16)34-25-22(24(28)30-15-31-25)23(32-34)17-4-6-18(7-5-17)36-19-8-10-29-11-9-19/h4-11,15-16,20-21H,12-14H2,1-3H3,(H2,28,30,31). The van der Waals surface area contributed by atoms with Gasteiger partial charge in [0, 0.05) is 24.5 Å². The van der Waals surface area contributed by atoms with E-state index in [0.29, 0.717) is 46.5 Å². The van der Waals surface area contributed by atoms with Crippen LogP contribution in [-0.4, -0.2) is 53.9 Å². The lowest BCUT2D eigenvalue weighted by atomic mass is 10.1. The molecule has 1 amide bonds. The Kier molecular flexibility index (Phi) is 5.47. The molecule has 4 aromatic rings. The molecular formula is C27H29N7O3. The lowest BCUT2D eigenvalue weighted by molar-refractivity contribution is 0.0135. The molecule has 0 spiro atoms. The number of carbonyl (C=O) groups excluding carboxylic acids is 1. The van der Waals surface area contributed by atoms with Crippen molar-refractivity contribution in [3.8, 4) is 22.8 Å². The molecule has 1 saturated heterocycles. The average Bonchev–Trinajstić information content (AvgIpc) is 3.57. The van der Waals surface area contributed by atoms with Gasteiger partial charge in [-0.05, 0) is 75.9 Å². The fourth-order valence-corrected chi connectivity index (χ4v) is 5.44. The number of carbonyl (C=O) groups is 1. The summed E-state index contributed by atoms with van der Waals surface area (Å²) in [5.74, 6) is 2.18. The molecule has 4 heterocycles. The zero-order valence-corrected chi connectivity index (χ0v) is 21.0. The van der Waals surface area contributed by atoms with Crippen molar-refractivity contribution in [3.63, 3.8) is 0 Å². The van der Waals surface area contributed by atoms with E-state index in [1.807, 2.05) is 54.6 Å². The van der Waals surface area contributed by atoms with E-state index in [2.05, 4.69) is 15.0 Å². The minimum absolute atomic E-state index is 0.0110. The van der Waals surface area contributed by atoms with E-state index in [9.17, 15) is 4.79 Å². The number of nitrogen functional groups attached to an aromatic ring is 1. The van der Waals surface area contributed by atoms with E-state index in [4.69, 9.17) is 20.3 Å². The summed E-state index contributed by atoms with van der Waals surface area (Å²) in [5, 5.41) is 5.71. The Morgan fingerprint density at radius 3 is 2.41 bits per heavy atom. The van der Waals surface area contributed by atoms with Crippen molar-refractivity contribution in [3.05, 3.63) is 55.1 Å². The molecule has 2 bridgehead atoms. The van der Waals surface area contributed by atoms with Crippen LogP contribution >= 0.6 is 0 Å². The summed E-state index contributed by atoms with van der Waals surface area (Å²) in [6.45, 7) is 6.36. The van der Waals surface area contributed by atoms with Gasteiger partial charge in [-0.2, -0.15) is 5.10 Å². The Bertz CT molecular complexity index is 1450. The van der Waals surface area contributed by atoms with E-state index in [1.165, 1.54) is 6.33 Å². The first-order valence-corrected chi connectivity index (χ1v) is 12.4. The van der Waals surface area contributed by atoms with Crippen LogP contribution in [0.4, 0.5) is 10.6 Å². The number of pyridine rings is 1. The fraction of sp³-hybridized carbons (Fsp3) is 0.370. The van der Waals surface area contributed by atoms with Crippen LogP contribution < -0.4 is 10.5 Å². The minimum atomic E-state index is -0.547. The van der Waals surface area contributed by atoms with Crippen LogP contribution in [0.1, 0.15) is 39.7 Å². The number of benzene rings is 1. The average molecular weight is 500 g/mol. The molecule has 3 aromatic heterocycles. The predicted octanol–water partition coefficient (Wildman–Crippen LogP) is 4.83. The highest BCUT2D eigenvalue weighted by Crippen LogP contribution is 2.46. The zero-order valence-electron chi connectivity index (χ0n) is 21.0. The van der Waals surface area contributed by atoms with Crippen molar-refractivity contribution in [2.24, 2.45) is 5.92 Å². The zero-order chi connectivity index (χ0) is 25.7. The number of ether oxygens (including phenoxy) is 2. The first-order chi connectivity index (χ1) is 17.8. The van der Waals surface area contributed by atoms with Crippen LogP contribution in [0.15, 0.2) is 55.1 Å². The van der Waals surface area contributed by atoms with Gasteiger partial charge in [0.1, 0.15) is 34.9 Å². The highest BCUT2D eigenvalue weighted by atomic mass is 16.6. The minimum Gasteiger partial charge on any atom is -0.457 e. The number of likely N-dealkylation sites (tertiary alicyclic amines) is 1. The van der Waals surface area contributed by atoms with Gasteiger partial charge in [0.15, 0.2) is 5.65 Å². The van der Waals surface area contributed by atoms with Crippen LogP contribution in [0.5, 0.6) is 11.5 Å². The van der Waals surface area contributed by atoms with E-state index < -0.39 is 5.60 Å². The molecule has 1 aliphatic heterocycles. The Balaban J connectivity index is 1.33. The lowest BCUT2D eigenvalue weighted by Crippen LogP contribution is -2.45. The summed E-state index contributed by atoms with van der Waals surface area (Å²) in [6, 6.07) is 11.2. The Labute approximate surface area is 214 Å². The number of anilines is 1. The van der Waals surface area contributed by atoms with Gasteiger partial charge in [0.05, 0.1) is 17.5 Å². The van der Waals surface area contributed by atoms with Crippen molar-refractivity contribution < 1.29 is 14.3 Å². The first kappa shape index (κ1) is 23.2. The molecule has 2 N–H and O–H groups in total. The number of nitrogens with zero attached hydrogens (tertiary/aromatic N) is 6. The van der Waals surface area contributed by atoms with Crippen LogP contribution in [0.3, 0.4) is 0 Å². The lowest BCUT2D eigenvalue weighted by Gasteiger charge is -2.34. The van der Waals surface area contributed by atoms with Gasteiger partial charge >= 0.3 is 6.09 Å². The van der Waals surface area contributed by atoms with Crippen molar-refractivity contribution in [2.45, 2.75) is 51.3 Å². The summed E-state index contributed by atoms with van der Waals surface area (Å²) < 4.78 is 13.5. The summed E-state index contributed by atoms with van der Waals surface area (Å²) in [6.07, 6.45) is 6.39. The molecule has 10 heteroatoms. The maximum Gasteiger partial charge on any atom is 0.410 e. The van der Waals surface area contributed by atoms with E-state index in [1.54, 1.807) is 24.5 Å². The molecule has 10 nitrogen and oxygen atoms in total.